The molecule has 1 N–H and O–H groups in total. The number of para-hydroxylation sites is 2. The highest BCUT2D eigenvalue weighted by Crippen LogP contribution is 2.38. The third kappa shape index (κ3) is 5.11. The molecule has 11 aromatic rings. The number of fused-ring (bicyclic) bond motifs is 9. The van der Waals surface area contributed by atoms with Gasteiger partial charge < -0.3 is 18.7 Å². The summed E-state index contributed by atoms with van der Waals surface area (Å²) in [5.41, 5.74) is 12.0. The van der Waals surface area contributed by atoms with Crippen molar-refractivity contribution in [1.29, 1.82) is 0 Å². The number of hydrogen-bond acceptors (Lipinski definition) is 5. The molecule has 0 radical (unpaired) electrons. The third-order valence-electron chi connectivity index (χ3n) is 11.3. The number of nitrogens with zero attached hydrogens (tertiary/aromatic N) is 3. The Balaban J connectivity index is 0.954. The van der Waals surface area contributed by atoms with Gasteiger partial charge in [0.15, 0.2) is 5.84 Å². The van der Waals surface area contributed by atoms with Crippen molar-refractivity contribution in [2.45, 2.75) is 6.17 Å². The summed E-state index contributed by atoms with van der Waals surface area (Å²) in [6, 6.07) is 63.4. The molecule has 0 amide bonds. The fourth-order valence-corrected chi connectivity index (χ4v) is 8.51. The molecule has 1 unspecified atom stereocenters. The first-order valence-corrected chi connectivity index (χ1v) is 19.2. The standard InChI is InChI=1S/C51H32N4O2/c1-3-11-31(12-4-1)33-19-23-38-37-15-7-9-17-43(37)55(44(38)27-33)36-22-26-46-42(30-36)41-25-21-35(29-48(41)57-46)51-53-49(32-13-5-2-6-14-32)52-50(54-51)34-20-24-40-39-16-8-10-18-45(39)56-47(40)28-34/h1-30,51H,(H,52,53,54). The van der Waals surface area contributed by atoms with Crippen LogP contribution < -0.4 is 5.32 Å². The summed E-state index contributed by atoms with van der Waals surface area (Å²) in [4.78, 5) is 10.2. The van der Waals surface area contributed by atoms with Crippen molar-refractivity contribution < 1.29 is 8.83 Å². The minimum Gasteiger partial charge on any atom is -0.456 e. The molecule has 6 heteroatoms. The average molecular weight is 733 g/mol. The van der Waals surface area contributed by atoms with E-state index >= 15 is 0 Å². The van der Waals surface area contributed by atoms with Crippen LogP contribution in [-0.2, 0) is 0 Å². The third-order valence-corrected chi connectivity index (χ3v) is 11.3. The van der Waals surface area contributed by atoms with E-state index in [1.807, 2.05) is 48.5 Å². The predicted octanol–water partition coefficient (Wildman–Crippen LogP) is 12.7. The van der Waals surface area contributed by atoms with E-state index < -0.39 is 6.17 Å². The number of rotatable bonds is 5. The Morgan fingerprint density at radius 2 is 1.05 bits per heavy atom. The first-order chi connectivity index (χ1) is 28.2. The Kier molecular flexibility index (Phi) is 6.89. The van der Waals surface area contributed by atoms with Gasteiger partial charge in [-0.2, -0.15) is 0 Å². The highest BCUT2D eigenvalue weighted by atomic mass is 16.3. The Morgan fingerprint density at radius 1 is 0.421 bits per heavy atom. The topological polar surface area (TPSA) is 68.0 Å². The van der Waals surface area contributed by atoms with E-state index in [2.05, 4.69) is 143 Å². The van der Waals surface area contributed by atoms with E-state index in [1.54, 1.807) is 0 Å². The van der Waals surface area contributed by atoms with Gasteiger partial charge in [-0.15, -0.1) is 0 Å². The normalized spacial score (nSPS) is 14.5. The summed E-state index contributed by atoms with van der Waals surface area (Å²) >= 11 is 0. The largest absolute Gasteiger partial charge is 0.456 e. The van der Waals surface area contributed by atoms with E-state index in [-0.39, 0.29) is 0 Å². The molecule has 0 bridgehead atoms. The Morgan fingerprint density at radius 3 is 1.91 bits per heavy atom. The van der Waals surface area contributed by atoms with Crippen LogP contribution in [0.25, 0.3) is 82.5 Å². The second kappa shape index (κ2) is 12.4. The van der Waals surface area contributed by atoms with Crippen molar-refractivity contribution >= 4 is 77.4 Å². The van der Waals surface area contributed by atoms with E-state index in [4.69, 9.17) is 18.8 Å². The van der Waals surface area contributed by atoms with Gasteiger partial charge in [0.25, 0.3) is 0 Å². The van der Waals surface area contributed by atoms with E-state index in [9.17, 15) is 0 Å². The van der Waals surface area contributed by atoms with Crippen molar-refractivity contribution in [3.8, 4) is 16.8 Å². The van der Waals surface area contributed by atoms with Crippen molar-refractivity contribution in [1.82, 2.24) is 9.88 Å². The molecule has 0 saturated heterocycles. The maximum absolute atomic E-state index is 6.58. The van der Waals surface area contributed by atoms with Gasteiger partial charge >= 0.3 is 0 Å². The van der Waals surface area contributed by atoms with E-state index in [0.717, 1.165) is 72.1 Å². The van der Waals surface area contributed by atoms with Crippen LogP contribution >= 0.6 is 0 Å². The summed E-state index contributed by atoms with van der Waals surface area (Å²) in [7, 11) is 0. The number of hydrogen-bond donors (Lipinski definition) is 1. The lowest BCUT2D eigenvalue weighted by atomic mass is 10.0. The van der Waals surface area contributed by atoms with Gasteiger partial charge in [0.2, 0.25) is 0 Å². The molecule has 1 aliphatic rings. The number of furan rings is 2. The van der Waals surface area contributed by atoms with Crippen LogP contribution in [0.1, 0.15) is 22.9 Å². The van der Waals surface area contributed by atoms with Crippen LogP contribution in [0.15, 0.2) is 201 Å². The lowest BCUT2D eigenvalue weighted by Crippen LogP contribution is -2.33. The lowest BCUT2D eigenvalue weighted by molar-refractivity contribution is 0.654. The zero-order valence-corrected chi connectivity index (χ0v) is 30.6. The van der Waals surface area contributed by atoms with E-state index in [0.29, 0.717) is 5.84 Å². The zero-order valence-electron chi connectivity index (χ0n) is 30.6. The van der Waals surface area contributed by atoms with Gasteiger partial charge in [-0.3, -0.25) is 0 Å². The van der Waals surface area contributed by atoms with Crippen molar-refractivity contribution in [2.75, 3.05) is 0 Å². The molecule has 1 atom stereocenters. The van der Waals surface area contributed by atoms with Crippen LogP contribution in [0.4, 0.5) is 0 Å². The Labute approximate surface area is 326 Å². The second-order valence-corrected chi connectivity index (χ2v) is 14.6. The van der Waals surface area contributed by atoms with Crippen molar-refractivity contribution in [3.05, 3.63) is 199 Å². The number of aromatic nitrogens is 1. The van der Waals surface area contributed by atoms with Crippen LogP contribution in [0.3, 0.4) is 0 Å². The molecule has 0 aliphatic carbocycles. The zero-order chi connectivity index (χ0) is 37.5. The number of benzene rings is 8. The fraction of sp³-hybridized carbons (Fsp3) is 0.0196. The SMILES string of the molecule is c1ccc(C2=NC(c3ccc4c(c3)oc3ccc(-n5c6ccccc6c6ccc(-c7ccccc7)cc65)cc34)NC(c3ccc4c(c3)oc3ccccc34)=N2)cc1. The maximum atomic E-state index is 6.58. The molecular formula is C51H32N4O2. The molecule has 0 spiro atoms. The van der Waals surface area contributed by atoms with Crippen LogP contribution in [-0.4, -0.2) is 16.2 Å². The molecule has 0 fully saturated rings. The van der Waals surface area contributed by atoms with E-state index in [1.165, 1.54) is 32.9 Å². The Hall–Kier alpha value is -7.70. The van der Waals surface area contributed by atoms with Crippen LogP contribution in [0.5, 0.6) is 0 Å². The number of amidine groups is 2. The molecule has 8 aromatic carbocycles. The molecule has 0 saturated carbocycles. The van der Waals surface area contributed by atoms with Gasteiger partial charge in [0.1, 0.15) is 34.3 Å². The summed E-state index contributed by atoms with van der Waals surface area (Å²) in [5, 5.41) is 10.4. The highest BCUT2D eigenvalue weighted by molar-refractivity contribution is 6.15. The van der Waals surface area contributed by atoms with Gasteiger partial charge in [-0.05, 0) is 65.7 Å². The molecule has 268 valence electrons. The summed E-state index contributed by atoms with van der Waals surface area (Å²) < 4.78 is 15.2. The molecule has 4 heterocycles. The number of nitrogens with one attached hydrogen (secondary N) is 1. The summed E-state index contributed by atoms with van der Waals surface area (Å²) in [6.07, 6.45) is -0.399. The van der Waals surface area contributed by atoms with Crippen LogP contribution in [0.2, 0.25) is 0 Å². The summed E-state index contributed by atoms with van der Waals surface area (Å²) in [6.45, 7) is 0. The van der Waals surface area contributed by atoms with Crippen molar-refractivity contribution in [3.63, 3.8) is 0 Å². The first kappa shape index (κ1) is 31.6. The lowest BCUT2D eigenvalue weighted by Gasteiger charge is -2.23. The monoisotopic (exact) mass is 732 g/mol. The minimum absolute atomic E-state index is 0.399. The smallest absolute Gasteiger partial charge is 0.159 e. The fourth-order valence-electron chi connectivity index (χ4n) is 8.51. The molecule has 3 aromatic heterocycles. The van der Waals surface area contributed by atoms with Gasteiger partial charge in [-0.25, -0.2) is 9.98 Å². The molecular weight excluding hydrogens is 701 g/mol. The van der Waals surface area contributed by atoms with Crippen molar-refractivity contribution in [2.24, 2.45) is 9.98 Å². The van der Waals surface area contributed by atoms with Gasteiger partial charge in [0.05, 0.1) is 11.0 Å². The first-order valence-electron chi connectivity index (χ1n) is 19.2. The highest BCUT2D eigenvalue weighted by Gasteiger charge is 2.23. The molecule has 57 heavy (non-hydrogen) atoms. The average Bonchev–Trinajstić information content (AvgIpc) is 3.95. The Bertz CT molecular complexity index is 3440. The minimum atomic E-state index is -0.399. The quantitative estimate of drug-likeness (QED) is 0.192. The molecule has 12 rings (SSSR count). The molecule has 1 aliphatic heterocycles. The van der Waals surface area contributed by atoms with Crippen LogP contribution in [0, 0.1) is 0 Å². The summed E-state index contributed by atoms with van der Waals surface area (Å²) in [5.74, 6) is 1.39. The van der Waals surface area contributed by atoms with Gasteiger partial charge in [-0.1, -0.05) is 127 Å². The molecule has 6 nitrogen and oxygen atoms in total. The maximum Gasteiger partial charge on any atom is 0.159 e. The predicted molar refractivity (Wildman–Crippen MR) is 233 cm³/mol. The van der Waals surface area contributed by atoms with Gasteiger partial charge in [0, 0.05) is 54.7 Å². The second-order valence-electron chi connectivity index (χ2n) is 14.6. The number of aliphatic imine (C=N–C) groups is 2.